The van der Waals surface area contributed by atoms with Crippen molar-refractivity contribution in [1.82, 2.24) is 25.2 Å². The van der Waals surface area contributed by atoms with E-state index in [0.717, 1.165) is 18.4 Å². The summed E-state index contributed by atoms with van der Waals surface area (Å²) in [7, 11) is 0. The standard InChI is InChI=1S/C34H44FN7O5.C3H8/c1-6-7-8-31(44)37-33(22(2)3)29-19-42(39-38-29)20-32(45)36-26-11-9-25(10-12-26)21-47-34(46)41-15-13-40(14-16-41)30-17-23(4)27(24(5)43)18-28(30)35;1-3-2/h9-12,17-19,22,33H,6-8,13-16,20-21H2,1-5H3,(H,36,45)(H,37,44);3H2,1-2H3. The Kier molecular flexibility index (Phi) is 15.4. The normalized spacial score (nSPS) is 13.3. The van der Waals surface area contributed by atoms with Gasteiger partial charge in [0.15, 0.2) is 5.78 Å². The number of ether oxygens (including phenoxy) is 1. The van der Waals surface area contributed by atoms with Gasteiger partial charge in [-0.3, -0.25) is 14.4 Å². The van der Waals surface area contributed by atoms with Crippen LogP contribution in [-0.2, 0) is 27.5 Å². The van der Waals surface area contributed by atoms with Crippen LogP contribution in [0.15, 0.2) is 42.6 Å². The van der Waals surface area contributed by atoms with Gasteiger partial charge in [0, 0.05) is 43.9 Å². The summed E-state index contributed by atoms with van der Waals surface area (Å²) in [5.74, 6) is -0.862. The van der Waals surface area contributed by atoms with Crippen LogP contribution in [0.2, 0.25) is 0 Å². The van der Waals surface area contributed by atoms with E-state index >= 15 is 0 Å². The molecule has 272 valence electrons. The molecule has 1 unspecified atom stereocenters. The van der Waals surface area contributed by atoms with Gasteiger partial charge in [0.25, 0.3) is 0 Å². The van der Waals surface area contributed by atoms with Crippen LogP contribution in [-0.4, -0.2) is 69.8 Å². The Labute approximate surface area is 294 Å². The Morgan fingerprint density at radius 1 is 0.980 bits per heavy atom. The van der Waals surface area contributed by atoms with Crippen molar-refractivity contribution in [2.24, 2.45) is 5.92 Å². The van der Waals surface area contributed by atoms with E-state index in [1.807, 2.05) is 25.7 Å². The molecule has 50 heavy (non-hydrogen) atoms. The summed E-state index contributed by atoms with van der Waals surface area (Å²) in [6.07, 6.45) is 4.68. The Hall–Kier alpha value is -4.81. The van der Waals surface area contributed by atoms with E-state index in [9.17, 15) is 23.6 Å². The fraction of sp³-hybridized carbons (Fsp3) is 0.514. The molecule has 3 amide bonds. The highest BCUT2D eigenvalue weighted by atomic mass is 19.1. The van der Waals surface area contributed by atoms with Gasteiger partial charge in [-0.15, -0.1) is 5.10 Å². The molecule has 1 atom stereocenters. The van der Waals surface area contributed by atoms with E-state index in [2.05, 4.69) is 34.8 Å². The molecular weight excluding hydrogens is 641 g/mol. The molecule has 0 aliphatic carbocycles. The third-order valence-electron chi connectivity index (χ3n) is 8.07. The van der Waals surface area contributed by atoms with Crippen LogP contribution in [0.1, 0.15) is 100 Å². The average molecular weight is 694 g/mol. The van der Waals surface area contributed by atoms with Crippen molar-refractivity contribution in [3.8, 4) is 0 Å². The number of rotatable bonds is 13. The molecule has 2 heterocycles. The molecule has 1 aliphatic rings. The maximum atomic E-state index is 14.7. The van der Waals surface area contributed by atoms with Crippen LogP contribution < -0.4 is 15.5 Å². The number of halogens is 1. The molecule has 4 rings (SSSR count). The number of nitrogens with zero attached hydrogens (tertiary/aromatic N) is 5. The predicted molar refractivity (Wildman–Crippen MR) is 191 cm³/mol. The van der Waals surface area contributed by atoms with Gasteiger partial charge in [-0.25, -0.2) is 13.9 Å². The number of unbranched alkanes of at least 4 members (excludes halogenated alkanes) is 1. The number of piperazine rings is 1. The summed E-state index contributed by atoms with van der Waals surface area (Å²) in [4.78, 5) is 52.8. The zero-order valence-corrected chi connectivity index (χ0v) is 30.4. The Morgan fingerprint density at radius 2 is 1.64 bits per heavy atom. The first-order chi connectivity index (χ1) is 23.9. The lowest BCUT2D eigenvalue weighted by atomic mass is 10.0. The van der Waals surface area contributed by atoms with Gasteiger partial charge in [-0.05, 0) is 61.6 Å². The molecular formula is C37H52FN7O5. The third kappa shape index (κ3) is 11.7. The van der Waals surface area contributed by atoms with Crippen molar-refractivity contribution in [1.29, 1.82) is 0 Å². The van der Waals surface area contributed by atoms with Crippen LogP contribution in [0.25, 0.3) is 0 Å². The van der Waals surface area contributed by atoms with Gasteiger partial charge in [0.05, 0.1) is 17.9 Å². The minimum absolute atomic E-state index is 0.0304. The highest BCUT2D eigenvalue weighted by Crippen LogP contribution is 2.26. The maximum absolute atomic E-state index is 14.7. The van der Waals surface area contributed by atoms with E-state index in [-0.39, 0.29) is 42.7 Å². The van der Waals surface area contributed by atoms with Crippen molar-refractivity contribution < 1.29 is 28.3 Å². The van der Waals surface area contributed by atoms with Crippen molar-refractivity contribution in [3.05, 3.63) is 70.8 Å². The second-order valence-electron chi connectivity index (χ2n) is 12.9. The summed E-state index contributed by atoms with van der Waals surface area (Å²) in [6.45, 7) is 15.1. The van der Waals surface area contributed by atoms with E-state index in [1.165, 1.54) is 24.1 Å². The first-order valence-electron chi connectivity index (χ1n) is 17.4. The van der Waals surface area contributed by atoms with Crippen molar-refractivity contribution in [2.45, 2.75) is 93.3 Å². The molecule has 3 aromatic rings. The van der Waals surface area contributed by atoms with Gasteiger partial charge in [0.1, 0.15) is 24.7 Å². The molecule has 1 aliphatic heterocycles. The SMILES string of the molecule is CCC.CCCCC(=O)NC(c1cn(CC(=O)Nc2ccc(COC(=O)N3CCN(c4cc(C)c(C(C)=O)cc4F)CC3)cc2)nn1)C(C)C. The smallest absolute Gasteiger partial charge is 0.410 e. The number of nitrogens with one attached hydrogen (secondary N) is 2. The number of Topliss-reactive ketones (excluding diaryl/α,β-unsaturated/α-hetero) is 1. The first kappa shape index (κ1) is 39.6. The van der Waals surface area contributed by atoms with Crippen LogP contribution in [0.3, 0.4) is 0 Å². The number of amides is 3. The van der Waals surface area contributed by atoms with E-state index < -0.39 is 11.9 Å². The molecule has 0 spiro atoms. The molecule has 0 radical (unpaired) electrons. The number of aryl methyl sites for hydroxylation is 1. The number of anilines is 2. The monoisotopic (exact) mass is 693 g/mol. The molecule has 0 bridgehead atoms. The lowest BCUT2D eigenvalue weighted by molar-refractivity contribution is -0.122. The number of ketones is 1. The fourth-order valence-electron chi connectivity index (χ4n) is 5.38. The lowest BCUT2D eigenvalue weighted by Gasteiger charge is -2.35. The van der Waals surface area contributed by atoms with E-state index in [1.54, 1.807) is 48.4 Å². The molecule has 1 aromatic heterocycles. The number of aromatic nitrogens is 3. The molecule has 12 nitrogen and oxygen atoms in total. The summed E-state index contributed by atoms with van der Waals surface area (Å²) in [6, 6.07) is 9.63. The molecule has 2 aromatic carbocycles. The minimum atomic E-state index is -0.460. The van der Waals surface area contributed by atoms with Crippen LogP contribution in [0.4, 0.5) is 20.6 Å². The van der Waals surface area contributed by atoms with Crippen molar-refractivity contribution >= 4 is 35.1 Å². The van der Waals surface area contributed by atoms with Crippen molar-refractivity contribution in [3.63, 3.8) is 0 Å². The highest BCUT2D eigenvalue weighted by Gasteiger charge is 2.25. The van der Waals surface area contributed by atoms with E-state index in [4.69, 9.17) is 4.74 Å². The Morgan fingerprint density at radius 3 is 2.24 bits per heavy atom. The quantitative estimate of drug-likeness (QED) is 0.195. The number of hydrogen-bond donors (Lipinski definition) is 2. The van der Waals surface area contributed by atoms with Gasteiger partial charge >= 0.3 is 6.09 Å². The van der Waals surface area contributed by atoms with Crippen LogP contribution in [0.5, 0.6) is 0 Å². The van der Waals surface area contributed by atoms with Crippen LogP contribution >= 0.6 is 0 Å². The maximum Gasteiger partial charge on any atom is 0.410 e. The topological polar surface area (TPSA) is 139 Å². The Bertz CT molecular complexity index is 1580. The lowest BCUT2D eigenvalue weighted by Crippen LogP contribution is -2.49. The third-order valence-corrected chi connectivity index (χ3v) is 8.07. The molecule has 0 saturated carbocycles. The van der Waals surface area contributed by atoms with E-state index in [0.29, 0.717) is 60.8 Å². The zero-order valence-electron chi connectivity index (χ0n) is 30.4. The summed E-state index contributed by atoms with van der Waals surface area (Å²) in [5, 5.41) is 14.1. The van der Waals surface area contributed by atoms with Crippen molar-refractivity contribution in [2.75, 3.05) is 36.4 Å². The predicted octanol–water partition coefficient (Wildman–Crippen LogP) is 6.45. The molecule has 1 fully saturated rings. The van der Waals surface area contributed by atoms with Crippen LogP contribution in [0, 0.1) is 18.7 Å². The number of benzene rings is 2. The summed E-state index contributed by atoms with van der Waals surface area (Å²) < 4.78 is 21.6. The molecule has 1 saturated heterocycles. The largest absolute Gasteiger partial charge is 0.445 e. The summed E-state index contributed by atoms with van der Waals surface area (Å²) in [5.41, 5.74) is 3.42. The van der Waals surface area contributed by atoms with Gasteiger partial charge in [-0.1, -0.05) is 64.8 Å². The number of hydrogen-bond acceptors (Lipinski definition) is 8. The minimum Gasteiger partial charge on any atom is -0.445 e. The number of carbonyl (C=O) groups excluding carboxylic acids is 4. The Balaban J connectivity index is 0.00000217. The highest BCUT2D eigenvalue weighted by molar-refractivity contribution is 5.96. The summed E-state index contributed by atoms with van der Waals surface area (Å²) >= 11 is 0. The molecule has 13 heteroatoms. The van der Waals surface area contributed by atoms with Gasteiger partial charge < -0.3 is 25.2 Å². The van der Waals surface area contributed by atoms with Gasteiger partial charge in [-0.2, -0.15) is 0 Å². The average Bonchev–Trinajstić information content (AvgIpc) is 3.54. The number of carbonyl (C=O) groups is 4. The van der Waals surface area contributed by atoms with Gasteiger partial charge in [0.2, 0.25) is 11.8 Å². The second kappa shape index (κ2) is 19.4. The fourth-order valence-corrected chi connectivity index (χ4v) is 5.38. The first-order valence-corrected chi connectivity index (χ1v) is 17.4. The molecule has 2 N–H and O–H groups in total. The zero-order chi connectivity index (χ0) is 36.8. The second-order valence-corrected chi connectivity index (χ2v) is 12.9.